The Morgan fingerprint density at radius 1 is 1.16 bits per heavy atom. The smallest absolute Gasteiger partial charge is 0.435 e. The van der Waals surface area contributed by atoms with E-state index in [1.165, 1.54) is 0 Å². The minimum atomic E-state index is -4.55. The summed E-state index contributed by atoms with van der Waals surface area (Å²) in [6, 6.07) is 16.3. The molecule has 4 aromatic rings. The number of fused-ring (bicyclic) bond motifs is 1. The molecule has 0 saturated heterocycles. The molecule has 166 valence electrons. The van der Waals surface area contributed by atoms with Crippen LogP contribution in [0, 0.1) is 0 Å². The van der Waals surface area contributed by atoms with Crippen LogP contribution in [0.2, 0.25) is 0 Å². The lowest BCUT2D eigenvalue weighted by Gasteiger charge is -2.19. The van der Waals surface area contributed by atoms with Crippen LogP contribution in [0.25, 0.3) is 10.9 Å². The summed E-state index contributed by atoms with van der Waals surface area (Å²) in [6.07, 6.45) is -1.49. The maximum Gasteiger partial charge on any atom is 0.435 e. The Hall–Kier alpha value is -3.75. The van der Waals surface area contributed by atoms with Gasteiger partial charge in [0.05, 0.1) is 7.11 Å². The molecular weight excluding hydrogens is 421 g/mol. The summed E-state index contributed by atoms with van der Waals surface area (Å²) < 4.78 is 44.4. The average molecular weight is 442 g/mol. The molecule has 32 heavy (non-hydrogen) atoms. The minimum absolute atomic E-state index is 0.177. The topological polar surface area (TPSA) is 71.9 Å². The summed E-state index contributed by atoms with van der Waals surface area (Å²) >= 11 is 0. The molecule has 2 heterocycles. The van der Waals surface area contributed by atoms with Crippen LogP contribution in [0.4, 0.5) is 13.2 Å². The zero-order chi connectivity index (χ0) is 22.7. The van der Waals surface area contributed by atoms with Gasteiger partial charge in [-0.25, -0.2) is 0 Å². The standard InChI is InChI=1S/C23H21F3N4O2/c1-32-16-8-6-15(7-9-16)18(19-13-27-20-5-3-2-4-17(19)20)12-28-22(31)14-30-11-10-21(29-30)23(24,25)26/h2-11,13,18,27H,12,14H2,1H3,(H,28,31). The number of methoxy groups -OCH3 is 1. The van der Waals surface area contributed by atoms with E-state index in [0.29, 0.717) is 0 Å². The number of amides is 1. The third kappa shape index (κ3) is 4.61. The van der Waals surface area contributed by atoms with Crippen LogP contribution in [0.3, 0.4) is 0 Å². The van der Waals surface area contributed by atoms with E-state index in [2.05, 4.69) is 15.4 Å². The number of H-pyrrole nitrogens is 1. The highest BCUT2D eigenvalue weighted by molar-refractivity contribution is 5.84. The Morgan fingerprint density at radius 3 is 2.59 bits per heavy atom. The van der Waals surface area contributed by atoms with Gasteiger partial charge in [-0.2, -0.15) is 18.3 Å². The van der Waals surface area contributed by atoms with Gasteiger partial charge in [0.1, 0.15) is 12.3 Å². The van der Waals surface area contributed by atoms with Crippen LogP contribution in [0.1, 0.15) is 22.7 Å². The number of ether oxygens (including phenoxy) is 1. The zero-order valence-corrected chi connectivity index (χ0v) is 17.2. The fraction of sp³-hybridized carbons (Fsp3) is 0.217. The van der Waals surface area contributed by atoms with Crippen molar-refractivity contribution in [2.45, 2.75) is 18.6 Å². The fourth-order valence-corrected chi connectivity index (χ4v) is 3.65. The van der Waals surface area contributed by atoms with Crippen LogP contribution in [-0.2, 0) is 17.5 Å². The predicted molar refractivity (Wildman–Crippen MR) is 113 cm³/mol. The van der Waals surface area contributed by atoms with Crippen molar-refractivity contribution in [3.63, 3.8) is 0 Å². The normalized spacial score (nSPS) is 12.6. The molecular formula is C23H21F3N4O2. The van der Waals surface area contributed by atoms with Crippen molar-refractivity contribution in [1.82, 2.24) is 20.1 Å². The van der Waals surface area contributed by atoms with Gasteiger partial charge >= 0.3 is 6.18 Å². The van der Waals surface area contributed by atoms with Gasteiger partial charge in [0.15, 0.2) is 5.69 Å². The molecule has 0 bridgehead atoms. The second kappa shape index (κ2) is 8.78. The molecule has 0 spiro atoms. The molecule has 1 amide bonds. The lowest BCUT2D eigenvalue weighted by atomic mass is 9.91. The SMILES string of the molecule is COc1ccc(C(CNC(=O)Cn2ccc(C(F)(F)F)n2)c2c[nH]c3ccccc23)cc1. The van der Waals surface area contributed by atoms with Crippen molar-refractivity contribution in [2.24, 2.45) is 0 Å². The van der Waals surface area contributed by atoms with Gasteiger partial charge in [-0.05, 0) is 35.4 Å². The van der Waals surface area contributed by atoms with Crippen molar-refractivity contribution in [3.8, 4) is 5.75 Å². The van der Waals surface area contributed by atoms with Gasteiger partial charge in [-0.1, -0.05) is 30.3 Å². The monoisotopic (exact) mass is 442 g/mol. The van der Waals surface area contributed by atoms with Crippen molar-refractivity contribution in [1.29, 1.82) is 0 Å². The average Bonchev–Trinajstić information content (AvgIpc) is 3.42. The number of alkyl halides is 3. The molecule has 6 nitrogen and oxygen atoms in total. The summed E-state index contributed by atoms with van der Waals surface area (Å²) in [5.41, 5.74) is 1.92. The molecule has 0 aliphatic rings. The molecule has 0 aliphatic heterocycles. The Bertz CT molecular complexity index is 1210. The molecule has 0 aliphatic carbocycles. The first-order valence-corrected chi connectivity index (χ1v) is 9.92. The Labute approximate surface area is 182 Å². The molecule has 1 atom stereocenters. The Kier molecular flexibility index (Phi) is 5.89. The van der Waals surface area contributed by atoms with E-state index < -0.39 is 17.8 Å². The third-order valence-corrected chi connectivity index (χ3v) is 5.25. The van der Waals surface area contributed by atoms with E-state index in [4.69, 9.17) is 4.74 Å². The molecule has 2 N–H and O–H groups in total. The number of hydrogen-bond donors (Lipinski definition) is 2. The fourth-order valence-electron chi connectivity index (χ4n) is 3.65. The summed E-state index contributed by atoms with van der Waals surface area (Å²) in [4.78, 5) is 15.7. The van der Waals surface area contributed by atoms with Crippen molar-refractivity contribution in [3.05, 3.63) is 83.8 Å². The first kappa shape index (κ1) is 21.5. The number of nitrogens with zero attached hydrogens (tertiary/aromatic N) is 2. The quantitative estimate of drug-likeness (QED) is 0.447. The molecule has 0 radical (unpaired) electrons. The van der Waals surface area contributed by atoms with Crippen molar-refractivity contribution < 1.29 is 22.7 Å². The number of aromatic amines is 1. The van der Waals surface area contributed by atoms with E-state index in [-0.39, 0.29) is 19.0 Å². The summed E-state index contributed by atoms with van der Waals surface area (Å²) in [5.74, 6) is 0.110. The van der Waals surface area contributed by atoms with Crippen LogP contribution in [0.15, 0.2) is 67.0 Å². The Balaban J connectivity index is 1.54. The van der Waals surface area contributed by atoms with Gasteiger partial charge in [-0.3, -0.25) is 9.48 Å². The maximum atomic E-state index is 12.7. The van der Waals surface area contributed by atoms with Gasteiger partial charge in [0, 0.05) is 35.8 Å². The zero-order valence-electron chi connectivity index (χ0n) is 17.2. The second-order valence-corrected chi connectivity index (χ2v) is 7.32. The number of rotatable bonds is 7. The van der Waals surface area contributed by atoms with E-state index >= 15 is 0 Å². The maximum absolute atomic E-state index is 12.7. The molecule has 0 fully saturated rings. The summed E-state index contributed by atoms with van der Waals surface area (Å²) in [6.45, 7) is -0.0420. The van der Waals surface area contributed by atoms with Crippen LogP contribution >= 0.6 is 0 Å². The highest BCUT2D eigenvalue weighted by Gasteiger charge is 2.33. The largest absolute Gasteiger partial charge is 0.497 e. The van der Waals surface area contributed by atoms with Crippen LogP contribution in [0.5, 0.6) is 5.75 Å². The molecule has 4 rings (SSSR count). The Morgan fingerprint density at radius 2 is 1.91 bits per heavy atom. The van der Waals surface area contributed by atoms with Crippen molar-refractivity contribution in [2.75, 3.05) is 13.7 Å². The van der Waals surface area contributed by atoms with Gasteiger partial charge in [-0.15, -0.1) is 0 Å². The van der Waals surface area contributed by atoms with Crippen molar-refractivity contribution >= 4 is 16.8 Å². The number of aromatic nitrogens is 3. The first-order valence-electron chi connectivity index (χ1n) is 9.92. The van der Waals surface area contributed by atoms with E-state index in [9.17, 15) is 18.0 Å². The molecule has 2 aromatic heterocycles. The third-order valence-electron chi connectivity index (χ3n) is 5.25. The molecule has 2 aromatic carbocycles. The number of halogens is 3. The number of para-hydroxylation sites is 1. The van der Waals surface area contributed by atoms with Crippen LogP contribution < -0.4 is 10.1 Å². The molecule has 9 heteroatoms. The van der Waals surface area contributed by atoms with E-state index in [1.807, 2.05) is 54.7 Å². The minimum Gasteiger partial charge on any atom is -0.497 e. The predicted octanol–water partition coefficient (Wildman–Crippen LogP) is 4.34. The number of benzene rings is 2. The van der Waals surface area contributed by atoms with Gasteiger partial charge in [0.25, 0.3) is 0 Å². The lowest BCUT2D eigenvalue weighted by Crippen LogP contribution is -2.32. The molecule has 1 unspecified atom stereocenters. The lowest BCUT2D eigenvalue weighted by molar-refractivity contribution is -0.141. The first-order chi connectivity index (χ1) is 15.3. The van der Waals surface area contributed by atoms with Gasteiger partial charge in [0.2, 0.25) is 5.91 Å². The number of hydrogen-bond acceptors (Lipinski definition) is 3. The summed E-state index contributed by atoms with van der Waals surface area (Å²) in [7, 11) is 1.59. The van der Waals surface area contributed by atoms with Crippen LogP contribution in [-0.4, -0.2) is 34.3 Å². The highest BCUT2D eigenvalue weighted by Crippen LogP contribution is 2.31. The number of carbonyl (C=O) groups is 1. The van der Waals surface area contributed by atoms with E-state index in [1.54, 1.807) is 7.11 Å². The number of carbonyl (C=O) groups excluding carboxylic acids is 1. The molecule has 0 saturated carbocycles. The summed E-state index contributed by atoms with van der Waals surface area (Å²) in [5, 5.41) is 7.29. The number of nitrogens with one attached hydrogen (secondary N) is 2. The second-order valence-electron chi connectivity index (χ2n) is 7.32. The highest BCUT2D eigenvalue weighted by atomic mass is 19.4. The van der Waals surface area contributed by atoms with E-state index in [0.717, 1.165) is 44.7 Å². The van der Waals surface area contributed by atoms with Gasteiger partial charge < -0.3 is 15.0 Å².